The Morgan fingerprint density at radius 1 is 0.736 bits per heavy atom. The van der Waals surface area contributed by atoms with E-state index in [0.29, 0.717) is 48.5 Å². The van der Waals surface area contributed by atoms with E-state index in [9.17, 15) is 38.9 Å². The van der Waals surface area contributed by atoms with Gasteiger partial charge in [-0.15, -0.1) is 0 Å². The lowest BCUT2D eigenvalue weighted by atomic mass is 9.88. The molecule has 3 aromatic rings. The number of rotatable bonds is 12. The monoisotopic (exact) mass is 777 g/mol. The van der Waals surface area contributed by atoms with Crippen LogP contribution in [0.25, 0.3) is 5.57 Å². The topological polar surface area (TPSA) is 169 Å². The summed E-state index contributed by atoms with van der Waals surface area (Å²) in [6, 6.07) is 19.9. The second-order valence-corrected chi connectivity index (χ2v) is 17.4. The fourth-order valence-corrected chi connectivity index (χ4v) is 7.75. The van der Waals surface area contributed by atoms with Crippen LogP contribution < -0.4 is 4.90 Å². The molecule has 3 aromatic carbocycles. The minimum atomic E-state index is -4.54. The highest BCUT2D eigenvalue weighted by Gasteiger charge is 2.34. The van der Waals surface area contributed by atoms with Gasteiger partial charge in [0.05, 0.1) is 9.79 Å². The highest BCUT2D eigenvalue weighted by Crippen LogP contribution is 2.36. The van der Waals surface area contributed by atoms with Gasteiger partial charge in [-0.25, -0.2) is 4.58 Å². The molecule has 0 aromatic heterocycles. The molecule has 1 atom stereocenters. The molecule has 0 saturated carbocycles. The average molecular weight is 778 g/mol. The van der Waals surface area contributed by atoms with Gasteiger partial charge in [-0.05, 0) is 103 Å². The zero-order chi connectivity index (χ0) is 38.6. The summed E-state index contributed by atoms with van der Waals surface area (Å²) >= 11 is 0. The SMILES string of the molecule is CCN(Cc1cccc(S(=O)(=O)O)c1)c1ccc(C(C2=CC(C)(S(=O)(=O)O)C=CC=C2)=C2C=CC(=[N+](CC)Cc3cccc(S(=O)(=O)O)c3)C=C2)cc1. The lowest BCUT2D eigenvalue weighted by molar-refractivity contribution is -0.539. The standard InChI is InChI=1S/C39H40N2O9S3/c1-4-40(27-29-10-8-13-36(24-29)51(42,43)44)34-19-15-31(16-20-34)38(33-12-6-7-23-39(3,26-33)53(48,49)50)32-17-21-35(22-18-32)41(5-2)28-30-11-9-14-37(25-30)52(45,46)47/h6-26H,4-5,27-28H2,1-3H3,(H2-,42,43,44,45,46,47,48,49,50)/p+1. The minimum Gasteiger partial charge on any atom is -0.367 e. The summed E-state index contributed by atoms with van der Waals surface area (Å²) in [4.78, 5) is 1.67. The van der Waals surface area contributed by atoms with Gasteiger partial charge < -0.3 is 4.90 Å². The maximum atomic E-state index is 12.6. The first-order valence-electron chi connectivity index (χ1n) is 16.7. The van der Waals surface area contributed by atoms with Gasteiger partial charge in [-0.2, -0.15) is 25.3 Å². The van der Waals surface area contributed by atoms with Crippen LogP contribution in [-0.2, 0) is 43.4 Å². The van der Waals surface area contributed by atoms with Crippen LogP contribution in [0, 0.1) is 0 Å². The van der Waals surface area contributed by atoms with Crippen LogP contribution >= 0.6 is 0 Å². The van der Waals surface area contributed by atoms with Gasteiger partial charge in [-0.1, -0.05) is 60.7 Å². The Balaban J connectivity index is 1.56. The van der Waals surface area contributed by atoms with E-state index in [1.807, 2.05) is 71.9 Å². The van der Waals surface area contributed by atoms with Crippen molar-refractivity contribution in [2.24, 2.45) is 0 Å². The maximum Gasteiger partial charge on any atom is 0.294 e. The van der Waals surface area contributed by atoms with E-state index in [4.69, 9.17) is 0 Å². The van der Waals surface area contributed by atoms with Gasteiger partial charge in [0.25, 0.3) is 30.4 Å². The molecule has 14 heteroatoms. The average Bonchev–Trinajstić information content (AvgIpc) is 3.32. The van der Waals surface area contributed by atoms with Crippen LogP contribution in [0.1, 0.15) is 37.5 Å². The smallest absolute Gasteiger partial charge is 0.294 e. The van der Waals surface area contributed by atoms with Gasteiger partial charge in [0.1, 0.15) is 11.3 Å². The third-order valence-electron chi connectivity index (χ3n) is 9.05. The third-order valence-corrected chi connectivity index (χ3v) is 12.1. The van der Waals surface area contributed by atoms with Crippen molar-refractivity contribution in [2.45, 2.75) is 48.4 Å². The van der Waals surface area contributed by atoms with E-state index in [2.05, 4.69) is 0 Å². The van der Waals surface area contributed by atoms with Crippen LogP contribution in [-0.4, -0.2) is 67.0 Å². The van der Waals surface area contributed by atoms with Crippen molar-refractivity contribution < 1.29 is 43.5 Å². The fourth-order valence-electron chi connectivity index (χ4n) is 6.13. The Morgan fingerprint density at radius 3 is 1.87 bits per heavy atom. The minimum absolute atomic E-state index is 0.184. The Kier molecular flexibility index (Phi) is 11.7. The number of anilines is 1. The van der Waals surface area contributed by atoms with Crippen LogP contribution in [0.5, 0.6) is 0 Å². The molecule has 0 amide bonds. The van der Waals surface area contributed by atoms with E-state index < -0.39 is 35.1 Å². The summed E-state index contributed by atoms with van der Waals surface area (Å²) in [5, 5.41) is 0. The maximum absolute atomic E-state index is 12.6. The zero-order valence-electron chi connectivity index (χ0n) is 29.4. The molecule has 0 saturated heterocycles. The Bertz CT molecular complexity index is 2440. The van der Waals surface area contributed by atoms with Crippen molar-refractivity contribution in [3.05, 3.63) is 155 Å². The molecule has 2 aliphatic carbocycles. The van der Waals surface area contributed by atoms with Crippen LogP contribution in [0.3, 0.4) is 0 Å². The summed E-state index contributed by atoms with van der Waals surface area (Å²) in [6.07, 6.45) is 15.7. The second kappa shape index (κ2) is 15.7. The first-order chi connectivity index (χ1) is 24.9. The molecular formula is C39H41N2O9S3+. The molecule has 0 aliphatic heterocycles. The van der Waals surface area contributed by atoms with Crippen molar-refractivity contribution in [1.29, 1.82) is 0 Å². The van der Waals surface area contributed by atoms with E-state index >= 15 is 0 Å². The third kappa shape index (κ3) is 9.46. The molecule has 0 fully saturated rings. The van der Waals surface area contributed by atoms with Gasteiger partial charge >= 0.3 is 0 Å². The molecule has 1 unspecified atom stereocenters. The largest absolute Gasteiger partial charge is 0.367 e. The van der Waals surface area contributed by atoms with Crippen molar-refractivity contribution in [3.63, 3.8) is 0 Å². The number of hydrogen-bond donors (Lipinski definition) is 3. The summed E-state index contributed by atoms with van der Waals surface area (Å²) in [7, 11) is -13.3. The van der Waals surface area contributed by atoms with Gasteiger partial charge in [0.15, 0.2) is 12.3 Å². The predicted octanol–water partition coefficient (Wildman–Crippen LogP) is 6.46. The number of benzene rings is 3. The highest BCUT2D eigenvalue weighted by molar-refractivity contribution is 7.87. The molecule has 278 valence electrons. The number of nitrogens with zero attached hydrogens (tertiary/aromatic N) is 2. The molecule has 2 aliphatic rings. The fraction of sp³-hybridized carbons (Fsp3) is 0.205. The quantitative estimate of drug-likeness (QED) is 0.137. The summed E-state index contributed by atoms with van der Waals surface area (Å²) in [5.41, 5.74) is 5.84. The predicted molar refractivity (Wildman–Crippen MR) is 207 cm³/mol. The Morgan fingerprint density at radius 2 is 1.32 bits per heavy atom. The van der Waals surface area contributed by atoms with Crippen molar-refractivity contribution in [2.75, 3.05) is 18.0 Å². The molecular weight excluding hydrogens is 737 g/mol. The Labute approximate surface area is 311 Å². The van der Waals surface area contributed by atoms with E-state index in [1.165, 1.54) is 43.3 Å². The van der Waals surface area contributed by atoms with Crippen LogP contribution in [0.2, 0.25) is 0 Å². The van der Waals surface area contributed by atoms with Crippen molar-refractivity contribution >= 4 is 47.3 Å². The summed E-state index contributed by atoms with van der Waals surface area (Å²) in [6.45, 7) is 7.28. The lowest BCUT2D eigenvalue weighted by Gasteiger charge is -2.24. The lowest BCUT2D eigenvalue weighted by Crippen LogP contribution is -2.30. The van der Waals surface area contributed by atoms with Crippen LogP contribution in [0.4, 0.5) is 5.69 Å². The van der Waals surface area contributed by atoms with Gasteiger partial charge in [0.2, 0.25) is 0 Å². The first-order valence-corrected chi connectivity index (χ1v) is 21.0. The van der Waals surface area contributed by atoms with E-state index in [1.54, 1.807) is 42.5 Å². The molecule has 0 heterocycles. The van der Waals surface area contributed by atoms with E-state index in [-0.39, 0.29) is 9.79 Å². The van der Waals surface area contributed by atoms with Crippen molar-refractivity contribution in [1.82, 2.24) is 0 Å². The molecule has 0 radical (unpaired) electrons. The van der Waals surface area contributed by atoms with Crippen molar-refractivity contribution in [3.8, 4) is 0 Å². The highest BCUT2D eigenvalue weighted by atomic mass is 32.2. The molecule has 11 nitrogen and oxygen atoms in total. The molecule has 3 N–H and O–H groups in total. The zero-order valence-corrected chi connectivity index (χ0v) is 31.8. The number of hydrogen-bond acceptors (Lipinski definition) is 7. The first kappa shape index (κ1) is 39.5. The van der Waals surface area contributed by atoms with E-state index in [0.717, 1.165) is 22.5 Å². The van der Waals surface area contributed by atoms with Gasteiger partial charge in [0, 0.05) is 36.5 Å². The molecule has 0 bridgehead atoms. The summed E-state index contributed by atoms with van der Waals surface area (Å²) < 4.78 is 102. The molecule has 0 spiro atoms. The normalized spacial score (nSPS) is 17.4. The van der Waals surface area contributed by atoms with Gasteiger partial charge in [-0.3, -0.25) is 13.7 Å². The molecule has 5 rings (SSSR count). The Hall–Kier alpha value is -4.70. The molecule has 53 heavy (non-hydrogen) atoms. The second-order valence-electron chi connectivity index (χ2n) is 12.7. The van der Waals surface area contributed by atoms with Crippen LogP contribution in [0.15, 0.2) is 148 Å². The number of allylic oxidation sites excluding steroid dienone is 10. The summed E-state index contributed by atoms with van der Waals surface area (Å²) in [5.74, 6) is 0.